The number of nitrogens with zero attached hydrogens (tertiary/aromatic N) is 2. The summed E-state index contributed by atoms with van der Waals surface area (Å²) in [6.45, 7) is 9.07. The largest absolute Gasteiger partial charge is 0.203 e. The van der Waals surface area contributed by atoms with Gasteiger partial charge in [0, 0.05) is 9.75 Å². The van der Waals surface area contributed by atoms with Crippen molar-refractivity contribution in [3.8, 4) is 20.9 Å². The normalized spacial score (nSPS) is 13.0. The van der Waals surface area contributed by atoms with Crippen molar-refractivity contribution < 1.29 is 8.78 Å². The molecule has 4 rings (SSSR count). The Bertz CT molecular complexity index is 1550. The Balaban J connectivity index is 1.55. The number of thiophene rings is 2. The molecule has 0 radical (unpaired) electrons. The van der Waals surface area contributed by atoms with Crippen LogP contribution in [0.15, 0.2) is 19.7 Å². The van der Waals surface area contributed by atoms with Gasteiger partial charge in [-0.2, -0.15) is 8.75 Å². The maximum absolute atomic E-state index is 16.5. The molecule has 0 fully saturated rings. The summed E-state index contributed by atoms with van der Waals surface area (Å²) in [5.41, 5.74) is 3.82. The summed E-state index contributed by atoms with van der Waals surface area (Å²) >= 11 is 11.7. The Morgan fingerprint density at radius 2 is 0.800 bits per heavy atom. The van der Waals surface area contributed by atoms with Crippen molar-refractivity contribution in [2.24, 2.45) is 11.8 Å². The number of halogens is 4. The minimum absolute atomic E-state index is 0.249. The van der Waals surface area contributed by atoms with Crippen LogP contribution >= 0.6 is 66.3 Å². The van der Waals surface area contributed by atoms with Crippen LogP contribution in [0, 0.1) is 23.5 Å². The first kappa shape index (κ1) is 46.9. The van der Waals surface area contributed by atoms with Crippen molar-refractivity contribution in [3.05, 3.63) is 42.5 Å². The molecule has 4 aromatic rings. The molecule has 3 heterocycles. The van der Waals surface area contributed by atoms with Crippen LogP contribution < -0.4 is 0 Å². The van der Waals surface area contributed by atoms with Crippen LogP contribution in [0.25, 0.3) is 31.9 Å². The van der Waals surface area contributed by atoms with Crippen molar-refractivity contribution in [2.45, 2.75) is 195 Å². The van der Waals surface area contributed by atoms with E-state index in [1.165, 1.54) is 188 Å². The first-order valence-corrected chi connectivity index (χ1v) is 26.0. The molecule has 0 bridgehead atoms. The molecule has 0 aliphatic carbocycles. The smallest absolute Gasteiger partial charge is 0.170 e. The van der Waals surface area contributed by atoms with Gasteiger partial charge in [-0.05, 0) is 79.8 Å². The van der Waals surface area contributed by atoms with Gasteiger partial charge in [-0.15, -0.1) is 22.7 Å². The second kappa shape index (κ2) is 26.4. The van der Waals surface area contributed by atoms with Crippen LogP contribution in [-0.4, -0.2) is 8.75 Å². The highest BCUT2D eigenvalue weighted by atomic mass is 79.9. The monoisotopic (exact) mass is 940 g/mol. The lowest BCUT2D eigenvalue weighted by Gasteiger charge is -2.17. The van der Waals surface area contributed by atoms with Gasteiger partial charge in [-0.1, -0.05) is 182 Å². The lowest BCUT2D eigenvalue weighted by molar-refractivity contribution is 0.402. The van der Waals surface area contributed by atoms with E-state index in [9.17, 15) is 0 Å². The van der Waals surface area contributed by atoms with Crippen molar-refractivity contribution in [2.75, 3.05) is 0 Å². The van der Waals surface area contributed by atoms with Crippen LogP contribution in [-0.2, 0) is 12.8 Å². The number of fused-ring (bicyclic) bond motifs is 1. The molecule has 0 saturated heterocycles. The van der Waals surface area contributed by atoms with Crippen LogP contribution in [0.5, 0.6) is 0 Å². The zero-order chi connectivity index (χ0) is 39.4. The molecule has 0 aliphatic rings. The van der Waals surface area contributed by atoms with Crippen LogP contribution in [0.4, 0.5) is 8.78 Å². The predicted octanol–water partition coefficient (Wildman–Crippen LogP) is 18.7. The molecule has 0 saturated carbocycles. The van der Waals surface area contributed by atoms with Gasteiger partial charge in [0.1, 0.15) is 11.0 Å². The summed E-state index contributed by atoms with van der Waals surface area (Å²) in [5.74, 6) is -0.442. The highest BCUT2D eigenvalue weighted by Crippen LogP contribution is 2.47. The SMILES string of the molecule is CCCCCCCCC(CCCCCC)Cc1cc(-c2c(F)c(F)c(-c3cc(CC(CCCCCC)CCCCCCCC)c(Br)s3)c3nsnc23)sc1Br. The van der Waals surface area contributed by atoms with Gasteiger partial charge in [0.2, 0.25) is 0 Å². The van der Waals surface area contributed by atoms with Gasteiger partial charge < -0.3 is 0 Å². The topological polar surface area (TPSA) is 25.8 Å². The van der Waals surface area contributed by atoms with Crippen molar-refractivity contribution >= 4 is 77.3 Å². The molecule has 2 unspecified atom stereocenters. The first-order chi connectivity index (χ1) is 26.8. The van der Waals surface area contributed by atoms with Gasteiger partial charge in [0.15, 0.2) is 11.6 Å². The van der Waals surface area contributed by atoms with E-state index >= 15 is 8.78 Å². The van der Waals surface area contributed by atoms with Crippen LogP contribution in [0.1, 0.15) is 193 Å². The van der Waals surface area contributed by atoms with Crippen LogP contribution in [0.3, 0.4) is 0 Å². The molecule has 0 amide bonds. The molecule has 3 aromatic heterocycles. The number of unbranched alkanes of at least 4 members (excludes halogenated alkanes) is 16. The third kappa shape index (κ3) is 14.8. The quantitative estimate of drug-likeness (QED) is 0.0487. The van der Waals surface area contributed by atoms with Gasteiger partial charge in [0.25, 0.3) is 0 Å². The number of benzene rings is 1. The molecule has 308 valence electrons. The molecule has 9 heteroatoms. The highest BCUT2D eigenvalue weighted by Gasteiger charge is 2.28. The lowest BCUT2D eigenvalue weighted by Crippen LogP contribution is -2.05. The zero-order valence-corrected chi connectivity index (χ0v) is 39.9. The number of hydrogen-bond acceptors (Lipinski definition) is 5. The summed E-state index contributed by atoms with van der Waals surface area (Å²) in [6.07, 6.45) is 32.6. The van der Waals surface area contributed by atoms with E-state index in [0.29, 0.717) is 22.9 Å². The van der Waals surface area contributed by atoms with E-state index < -0.39 is 11.6 Å². The third-order valence-electron chi connectivity index (χ3n) is 11.5. The first-order valence-electron chi connectivity index (χ1n) is 22.0. The van der Waals surface area contributed by atoms with Gasteiger partial charge >= 0.3 is 0 Å². The maximum Gasteiger partial charge on any atom is 0.170 e. The Labute approximate surface area is 362 Å². The highest BCUT2D eigenvalue weighted by molar-refractivity contribution is 9.11. The summed E-state index contributed by atoms with van der Waals surface area (Å²) < 4.78 is 44.2. The van der Waals surface area contributed by atoms with Gasteiger partial charge in [0.05, 0.1) is 30.4 Å². The Hall–Kier alpha value is -0.740. The fourth-order valence-electron chi connectivity index (χ4n) is 8.20. The van der Waals surface area contributed by atoms with E-state index in [0.717, 1.165) is 41.9 Å². The minimum Gasteiger partial charge on any atom is -0.203 e. The van der Waals surface area contributed by atoms with Crippen molar-refractivity contribution in [1.29, 1.82) is 0 Å². The van der Waals surface area contributed by atoms with Crippen molar-refractivity contribution in [1.82, 2.24) is 8.75 Å². The number of hydrogen-bond donors (Lipinski definition) is 0. The Morgan fingerprint density at radius 3 is 1.15 bits per heavy atom. The third-order valence-corrected chi connectivity index (χ3v) is 16.0. The predicted molar refractivity (Wildman–Crippen MR) is 247 cm³/mol. The standard InChI is InChI=1S/C46H68Br2F2N2S3/c1-5-9-13-17-19-23-27-33(25-21-15-11-7-3)29-35-31-37(53-45(35)47)39-41(49)42(50)40(44-43(39)51-55-52-44)38-32-36(46(48)54-38)30-34(26-22-16-12-8-4)28-24-20-18-14-10-6-2/h31-34H,5-30H2,1-4H3. The zero-order valence-electron chi connectivity index (χ0n) is 34.3. The fourth-order valence-corrected chi connectivity index (χ4v) is 12.3. The fraction of sp³-hybridized carbons (Fsp3) is 0.696. The molecule has 0 spiro atoms. The molecule has 1 aromatic carbocycles. The summed E-state index contributed by atoms with van der Waals surface area (Å²) in [7, 11) is 0. The Kier molecular flexibility index (Phi) is 22.5. The van der Waals surface area contributed by atoms with Crippen LogP contribution in [0.2, 0.25) is 0 Å². The van der Waals surface area contributed by atoms with E-state index in [1.54, 1.807) is 0 Å². The second-order valence-corrected chi connectivity index (χ2v) is 21.4. The maximum atomic E-state index is 16.5. The average Bonchev–Trinajstić information content (AvgIpc) is 3.90. The van der Waals surface area contributed by atoms with E-state index in [4.69, 9.17) is 0 Å². The molecular formula is C46H68Br2F2N2S3. The average molecular weight is 943 g/mol. The summed E-state index contributed by atoms with van der Waals surface area (Å²) in [6, 6.07) is 4.19. The van der Waals surface area contributed by atoms with E-state index in [1.807, 2.05) is 0 Å². The number of rotatable bonds is 30. The molecule has 2 atom stereocenters. The summed E-state index contributed by atoms with van der Waals surface area (Å²) in [4.78, 5) is 1.45. The van der Waals surface area contributed by atoms with E-state index in [2.05, 4.69) is 80.4 Å². The van der Waals surface area contributed by atoms with Gasteiger partial charge in [-0.25, -0.2) is 8.78 Å². The molecule has 0 N–H and O–H groups in total. The van der Waals surface area contributed by atoms with Gasteiger partial charge in [-0.3, -0.25) is 0 Å². The molecule has 0 aliphatic heterocycles. The van der Waals surface area contributed by atoms with E-state index in [-0.39, 0.29) is 11.1 Å². The van der Waals surface area contributed by atoms with Crippen molar-refractivity contribution in [3.63, 3.8) is 0 Å². The lowest BCUT2D eigenvalue weighted by atomic mass is 9.89. The summed E-state index contributed by atoms with van der Waals surface area (Å²) in [5, 5.41) is 0. The molecular weight excluding hydrogens is 875 g/mol. The minimum atomic E-state index is -0.818. The molecule has 2 nitrogen and oxygen atoms in total. The Morgan fingerprint density at radius 1 is 0.491 bits per heavy atom. The second-order valence-electron chi connectivity index (χ2n) is 16.1. The molecule has 55 heavy (non-hydrogen) atoms. The number of aromatic nitrogens is 2.